The number of rotatable bonds is 6. The van der Waals surface area contributed by atoms with Crippen LogP contribution in [-0.4, -0.2) is 12.6 Å². The SMILES string of the molecule is CCCCCC/C=C/C#CC(=O)OCC. The van der Waals surface area contributed by atoms with Crippen LogP contribution in [0.4, 0.5) is 0 Å². The lowest BCUT2D eigenvalue weighted by molar-refractivity contribution is -0.136. The summed E-state index contributed by atoms with van der Waals surface area (Å²) in [5.74, 6) is 4.59. The Kier molecular flexibility index (Phi) is 9.96. The van der Waals surface area contributed by atoms with Gasteiger partial charge in [-0.25, -0.2) is 4.79 Å². The second kappa shape index (κ2) is 10.8. The van der Waals surface area contributed by atoms with E-state index >= 15 is 0 Å². The van der Waals surface area contributed by atoms with E-state index in [9.17, 15) is 4.79 Å². The van der Waals surface area contributed by atoms with Crippen LogP contribution < -0.4 is 0 Å². The maximum Gasteiger partial charge on any atom is 0.384 e. The number of unbranched alkanes of at least 4 members (excludes halogenated alkanes) is 4. The van der Waals surface area contributed by atoms with Crippen LogP contribution in [0.15, 0.2) is 12.2 Å². The third kappa shape index (κ3) is 10.7. The molecule has 0 atom stereocenters. The molecule has 0 rings (SSSR count). The highest BCUT2D eigenvalue weighted by atomic mass is 16.5. The topological polar surface area (TPSA) is 26.3 Å². The first-order valence-corrected chi connectivity index (χ1v) is 5.64. The standard InChI is InChI=1S/C13H20O2/c1-3-5-6-7-8-9-10-11-12-13(14)15-4-2/h9-10H,3-8H2,1-2H3/b10-9+. The molecule has 0 saturated carbocycles. The van der Waals surface area contributed by atoms with Gasteiger partial charge in [-0.3, -0.25) is 0 Å². The van der Waals surface area contributed by atoms with Crippen molar-refractivity contribution >= 4 is 5.97 Å². The summed E-state index contributed by atoms with van der Waals surface area (Å²) in [4.78, 5) is 10.8. The first kappa shape index (κ1) is 13.8. The molecule has 2 heteroatoms. The molecule has 0 heterocycles. The van der Waals surface area contributed by atoms with Gasteiger partial charge in [0, 0.05) is 5.92 Å². The number of carbonyl (C=O) groups is 1. The number of ether oxygens (including phenoxy) is 1. The van der Waals surface area contributed by atoms with Crippen LogP contribution in [0, 0.1) is 11.8 Å². The Morgan fingerprint density at radius 2 is 2.07 bits per heavy atom. The molecule has 0 radical (unpaired) electrons. The average molecular weight is 208 g/mol. The highest BCUT2D eigenvalue weighted by Crippen LogP contribution is 2.02. The van der Waals surface area contributed by atoms with Gasteiger partial charge >= 0.3 is 5.97 Å². The zero-order valence-electron chi connectivity index (χ0n) is 9.71. The van der Waals surface area contributed by atoms with E-state index in [1.165, 1.54) is 25.7 Å². The van der Waals surface area contributed by atoms with Gasteiger partial charge in [-0.15, -0.1) is 0 Å². The molecule has 0 aliphatic rings. The van der Waals surface area contributed by atoms with Gasteiger partial charge in [0.1, 0.15) is 0 Å². The van der Waals surface area contributed by atoms with Crippen molar-refractivity contribution in [1.82, 2.24) is 0 Å². The first-order valence-electron chi connectivity index (χ1n) is 5.64. The Bertz CT molecular complexity index is 243. The molecule has 84 valence electrons. The fourth-order valence-electron chi connectivity index (χ4n) is 1.10. The van der Waals surface area contributed by atoms with Gasteiger partial charge < -0.3 is 4.74 Å². The Morgan fingerprint density at radius 1 is 1.27 bits per heavy atom. The lowest BCUT2D eigenvalue weighted by Crippen LogP contribution is -1.98. The van der Waals surface area contributed by atoms with Gasteiger partial charge in [-0.05, 0) is 25.8 Å². The van der Waals surface area contributed by atoms with E-state index < -0.39 is 5.97 Å². The normalized spacial score (nSPS) is 9.73. The summed E-state index contributed by atoms with van der Waals surface area (Å²) in [7, 11) is 0. The minimum absolute atomic E-state index is 0.383. The zero-order chi connectivity index (χ0) is 11.4. The van der Waals surface area contributed by atoms with E-state index in [1.807, 2.05) is 6.08 Å². The van der Waals surface area contributed by atoms with Crippen molar-refractivity contribution in [2.75, 3.05) is 6.61 Å². The molecule has 15 heavy (non-hydrogen) atoms. The summed E-state index contributed by atoms with van der Waals surface area (Å²) >= 11 is 0. The number of hydrogen-bond acceptors (Lipinski definition) is 2. The molecule has 0 aliphatic heterocycles. The van der Waals surface area contributed by atoms with Crippen LogP contribution in [0.2, 0.25) is 0 Å². The van der Waals surface area contributed by atoms with E-state index in [-0.39, 0.29) is 0 Å². The molecular weight excluding hydrogens is 188 g/mol. The lowest BCUT2D eigenvalue weighted by Gasteiger charge is -1.92. The van der Waals surface area contributed by atoms with Crippen LogP contribution >= 0.6 is 0 Å². The maximum absolute atomic E-state index is 10.8. The molecule has 0 aromatic carbocycles. The molecule has 0 amide bonds. The highest BCUT2D eigenvalue weighted by Gasteiger charge is 1.89. The van der Waals surface area contributed by atoms with Crippen LogP contribution in [0.3, 0.4) is 0 Å². The van der Waals surface area contributed by atoms with Crippen LogP contribution in [0.25, 0.3) is 0 Å². The second-order valence-corrected chi connectivity index (χ2v) is 3.24. The highest BCUT2D eigenvalue weighted by molar-refractivity contribution is 5.88. The summed E-state index contributed by atoms with van der Waals surface area (Å²) in [5, 5.41) is 0. The van der Waals surface area contributed by atoms with Crippen molar-refractivity contribution in [3.05, 3.63) is 12.2 Å². The third-order valence-corrected chi connectivity index (χ3v) is 1.88. The van der Waals surface area contributed by atoms with Crippen molar-refractivity contribution < 1.29 is 9.53 Å². The summed E-state index contributed by atoms with van der Waals surface area (Å²) in [6, 6.07) is 0. The molecule has 0 N–H and O–H groups in total. The number of esters is 1. The van der Waals surface area contributed by atoms with Gasteiger partial charge in [-0.2, -0.15) is 0 Å². The lowest BCUT2D eigenvalue weighted by atomic mass is 10.1. The maximum atomic E-state index is 10.8. The molecule has 2 nitrogen and oxygen atoms in total. The van der Waals surface area contributed by atoms with Gasteiger partial charge in [0.05, 0.1) is 6.61 Å². The minimum atomic E-state index is -0.451. The predicted octanol–water partition coefficient (Wildman–Crippen LogP) is 3.08. The fraction of sp³-hybridized carbons (Fsp3) is 0.615. The van der Waals surface area contributed by atoms with Crippen LogP contribution in [0.5, 0.6) is 0 Å². The van der Waals surface area contributed by atoms with Crippen molar-refractivity contribution in [3.63, 3.8) is 0 Å². The average Bonchev–Trinajstić information content (AvgIpc) is 2.22. The number of allylic oxidation sites excluding steroid dienone is 2. The fourth-order valence-corrected chi connectivity index (χ4v) is 1.10. The molecule has 0 fully saturated rings. The molecule has 0 aromatic heterocycles. The Hall–Kier alpha value is -1.23. The molecule has 0 spiro atoms. The molecule has 0 saturated heterocycles. The first-order chi connectivity index (χ1) is 7.31. The van der Waals surface area contributed by atoms with Crippen LogP contribution in [0.1, 0.15) is 46.0 Å². The molecule has 0 aliphatic carbocycles. The molecule has 0 aromatic rings. The minimum Gasteiger partial charge on any atom is -0.456 e. The van der Waals surface area contributed by atoms with Crippen molar-refractivity contribution in [2.45, 2.75) is 46.0 Å². The molecule has 0 unspecified atom stereocenters. The smallest absolute Gasteiger partial charge is 0.384 e. The van der Waals surface area contributed by atoms with Crippen molar-refractivity contribution in [1.29, 1.82) is 0 Å². The second-order valence-electron chi connectivity index (χ2n) is 3.24. The molecular formula is C13H20O2. The van der Waals surface area contributed by atoms with E-state index in [4.69, 9.17) is 0 Å². The van der Waals surface area contributed by atoms with E-state index in [2.05, 4.69) is 23.5 Å². The molecule has 0 bridgehead atoms. The van der Waals surface area contributed by atoms with Crippen molar-refractivity contribution in [3.8, 4) is 11.8 Å². The van der Waals surface area contributed by atoms with Gasteiger partial charge in [0.2, 0.25) is 0 Å². The van der Waals surface area contributed by atoms with E-state index in [0.717, 1.165) is 6.42 Å². The Balaban J connectivity index is 3.48. The summed E-state index contributed by atoms with van der Waals surface area (Å²) in [5.41, 5.74) is 0. The predicted molar refractivity (Wildman–Crippen MR) is 62.3 cm³/mol. The Morgan fingerprint density at radius 3 is 2.73 bits per heavy atom. The van der Waals surface area contributed by atoms with Crippen LogP contribution in [-0.2, 0) is 9.53 Å². The quantitative estimate of drug-likeness (QED) is 0.290. The summed E-state index contributed by atoms with van der Waals surface area (Å²) < 4.78 is 4.66. The van der Waals surface area contributed by atoms with Gasteiger partial charge in [-0.1, -0.05) is 38.2 Å². The zero-order valence-corrected chi connectivity index (χ0v) is 9.71. The van der Waals surface area contributed by atoms with E-state index in [1.54, 1.807) is 13.0 Å². The van der Waals surface area contributed by atoms with Crippen molar-refractivity contribution in [2.24, 2.45) is 0 Å². The third-order valence-electron chi connectivity index (χ3n) is 1.88. The monoisotopic (exact) mass is 208 g/mol. The summed E-state index contributed by atoms with van der Waals surface area (Å²) in [6.45, 7) is 4.35. The van der Waals surface area contributed by atoms with Gasteiger partial charge in [0.25, 0.3) is 0 Å². The van der Waals surface area contributed by atoms with E-state index in [0.29, 0.717) is 6.61 Å². The largest absolute Gasteiger partial charge is 0.456 e. The Labute approximate surface area is 92.7 Å². The van der Waals surface area contributed by atoms with Gasteiger partial charge in [0.15, 0.2) is 0 Å². The summed E-state index contributed by atoms with van der Waals surface area (Å²) in [6.07, 6.45) is 9.79. The number of hydrogen-bond donors (Lipinski definition) is 0. The number of carbonyl (C=O) groups excluding carboxylic acids is 1.